The third-order valence-corrected chi connectivity index (χ3v) is 3.59. The van der Waals surface area contributed by atoms with Crippen molar-refractivity contribution in [3.63, 3.8) is 0 Å². The van der Waals surface area contributed by atoms with Crippen LogP contribution in [0.5, 0.6) is 0 Å². The topological polar surface area (TPSA) is 15.3 Å². The molecule has 11 heavy (non-hydrogen) atoms. The Balaban J connectivity index is 2.46. The van der Waals surface area contributed by atoms with Crippen LogP contribution in [0.15, 0.2) is 0 Å². The van der Waals surface area contributed by atoms with Crippen molar-refractivity contribution in [3.05, 3.63) is 0 Å². The van der Waals surface area contributed by atoms with E-state index in [1.165, 1.54) is 13.1 Å². The Morgan fingerprint density at radius 3 is 2.36 bits per heavy atom. The van der Waals surface area contributed by atoms with Gasteiger partial charge in [0.15, 0.2) is 0 Å². The molecule has 1 aliphatic rings. The van der Waals surface area contributed by atoms with Gasteiger partial charge >= 0.3 is 0 Å². The second-order valence-corrected chi connectivity index (χ2v) is 6.31. The van der Waals surface area contributed by atoms with E-state index in [1.807, 2.05) is 0 Å². The SMILES string of the molecule is C[SH](C)N1CCNC(C)(C)C1. The molecule has 2 nitrogen and oxygen atoms in total. The highest BCUT2D eigenvalue weighted by Crippen LogP contribution is 2.25. The molecule has 3 heteroatoms. The van der Waals surface area contributed by atoms with Gasteiger partial charge in [-0.25, -0.2) is 11.1 Å². The molecule has 0 bridgehead atoms. The number of rotatable bonds is 1. The molecule has 0 saturated carbocycles. The van der Waals surface area contributed by atoms with Crippen LogP contribution in [0.2, 0.25) is 0 Å². The largest absolute Gasteiger partial charge is 0.309 e. The van der Waals surface area contributed by atoms with Gasteiger partial charge in [-0.05, 0) is 26.4 Å². The molecule has 0 unspecified atom stereocenters. The maximum absolute atomic E-state index is 3.51. The van der Waals surface area contributed by atoms with Gasteiger partial charge in [0.25, 0.3) is 0 Å². The standard InChI is InChI=1S/C8H20N2S/c1-8(2)7-10(11(3)4)6-5-9-8/h9,11H,5-7H2,1-4H3. The summed E-state index contributed by atoms with van der Waals surface area (Å²) in [6.45, 7) is 8.12. The zero-order valence-electron chi connectivity index (χ0n) is 8.02. The van der Waals surface area contributed by atoms with Crippen LogP contribution < -0.4 is 5.32 Å². The first-order valence-electron chi connectivity index (χ1n) is 4.18. The Morgan fingerprint density at radius 1 is 1.36 bits per heavy atom. The molecule has 1 N–H and O–H groups in total. The van der Waals surface area contributed by atoms with Crippen molar-refractivity contribution < 1.29 is 0 Å². The highest BCUT2D eigenvalue weighted by molar-refractivity contribution is 8.13. The molecule has 1 saturated heterocycles. The van der Waals surface area contributed by atoms with Crippen molar-refractivity contribution in [2.45, 2.75) is 19.4 Å². The van der Waals surface area contributed by atoms with E-state index >= 15 is 0 Å². The van der Waals surface area contributed by atoms with E-state index in [2.05, 4.69) is 36.0 Å². The van der Waals surface area contributed by atoms with Gasteiger partial charge in [0.1, 0.15) is 0 Å². The molecule has 1 fully saturated rings. The number of hydrogen-bond acceptors (Lipinski definition) is 2. The Bertz CT molecular complexity index is 134. The molecule has 0 aromatic carbocycles. The number of piperazine rings is 1. The summed E-state index contributed by atoms with van der Waals surface area (Å²) in [4.78, 5) is 0. The van der Waals surface area contributed by atoms with Crippen molar-refractivity contribution in [1.82, 2.24) is 9.62 Å². The third kappa shape index (κ3) is 2.65. The van der Waals surface area contributed by atoms with Crippen LogP contribution >= 0.6 is 11.1 Å². The summed E-state index contributed by atoms with van der Waals surface area (Å²) in [6, 6.07) is 0. The lowest BCUT2D eigenvalue weighted by Gasteiger charge is -2.42. The van der Waals surface area contributed by atoms with Gasteiger partial charge in [-0.1, -0.05) is 0 Å². The molecule has 1 rings (SSSR count). The number of nitrogens with zero attached hydrogens (tertiary/aromatic N) is 1. The van der Waals surface area contributed by atoms with E-state index in [1.54, 1.807) is 0 Å². The second kappa shape index (κ2) is 3.33. The first kappa shape index (κ1) is 9.36. The predicted octanol–water partition coefficient (Wildman–Crippen LogP) is 0.846. The summed E-state index contributed by atoms with van der Waals surface area (Å²) in [5.41, 5.74) is 0.324. The summed E-state index contributed by atoms with van der Waals surface area (Å²) in [6.07, 6.45) is 4.66. The summed E-state index contributed by atoms with van der Waals surface area (Å²) in [5, 5.41) is 3.51. The molecule has 0 aliphatic carbocycles. The third-order valence-electron chi connectivity index (χ3n) is 2.12. The predicted molar refractivity (Wildman–Crippen MR) is 54.5 cm³/mol. The molecule has 0 amide bonds. The molecule has 0 aromatic heterocycles. The maximum atomic E-state index is 3.51. The van der Waals surface area contributed by atoms with E-state index in [0.29, 0.717) is 5.54 Å². The van der Waals surface area contributed by atoms with Crippen molar-refractivity contribution in [1.29, 1.82) is 0 Å². The highest BCUT2D eigenvalue weighted by Gasteiger charge is 2.25. The van der Waals surface area contributed by atoms with Crippen LogP contribution in [0, 0.1) is 0 Å². The minimum atomic E-state index is 0.116. The Labute approximate surface area is 72.8 Å². The van der Waals surface area contributed by atoms with Gasteiger partial charge in [0, 0.05) is 25.2 Å². The molecular formula is C8H20N2S. The minimum Gasteiger partial charge on any atom is -0.309 e. The van der Waals surface area contributed by atoms with Gasteiger partial charge in [-0.2, -0.15) is 0 Å². The summed E-state index contributed by atoms with van der Waals surface area (Å²) >= 11 is 0.116. The lowest BCUT2D eigenvalue weighted by atomic mass is 10.0. The van der Waals surface area contributed by atoms with Gasteiger partial charge in [-0.3, -0.25) is 4.31 Å². The fourth-order valence-electron chi connectivity index (χ4n) is 1.46. The smallest absolute Gasteiger partial charge is 0.0261 e. The van der Waals surface area contributed by atoms with Crippen LogP contribution in [-0.2, 0) is 0 Å². The van der Waals surface area contributed by atoms with Gasteiger partial charge in [0.05, 0.1) is 0 Å². The van der Waals surface area contributed by atoms with Crippen LogP contribution in [0.1, 0.15) is 13.8 Å². The Morgan fingerprint density at radius 2 is 2.00 bits per heavy atom. The minimum absolute atomic E-state index is 0.116. The quantitative estimate of drug-likeness (QED) is 0.576. The van der Waals surface area contributed by atoms with Crippen molar-refractivity contribution in [2.24, 2.45) is 0 Å². The average Bonchev–Trinajstić information content (AvgIpc) is 1.85. The van der Waals surface area contributed by atoms with Gasteiger partial charge < -0.3 is 5.32 Å². The van der Waals surface area contributed by atoms with Crippen LogP contribution in [-0.4, -0.2) is 42.0 Å². The summed E-state index contributed by atoms with van der Waals surface area (Å²) in [7, 11) is 0. The zero-order valence-corrected chi connectivity index (χ0v) is 8.91. The number of nitrogens with one attached hydrogen (secondary N) is 1. The van der Waals surface area contributed by atoms with Crippen molar-refractivity contribution in [3.8, 4) is 0 Å². The number of hydrogen-bond donors (Lipinski definition) is 2. The molecule has 0 spiro atoms. The van der Waals surface area contributed by atoms with Crippen LogP contribution in [0.25, 0.3) is 0 Å². The van der Waals surface area contributed by atoms with Gasteiger partial charge in [-0.15, -0.1) is 0 Å². The molecule has 1 aliphatic heterocycles. The second-order valence-electron chi connectivity index (χ2n) is 4.05. The first-order valence-corrected chi connectivity index (χ1v) is 6.37. The Hall–Kier alpha value is 0.270. The van der Waals surface area contributed by atoms with E-state index in [9.17, 15) is 0 Å². The van der Waals surface area contributed by atoms with Crippen molar-refractivity contribution >= 4 is 11.1 Å². The average molecular weight is 176 g/mol. The van der Waals surface area contributed by atoms with Crippen molar-refractivity contribution in [2.75, 3.05) is 32.1 Å². The lowest BCUT2D eigenvalue weighted by Crippen LogP contribution is -2.55. The normalized spacial score (nSPS) is 26.7. The van der Waals surface area contributed by atoms with Crippen LogP contribution in [0.3, 0.4) is 0 Å². The first-order chi connectivity index (χ1) is 5.01. The van der Waals surface area contributed by atoms with E-state index in [-0.39, 0.29) is 11.1 Å². The highest BCUT2D eigenvalue weighted by atomic mass is 32.2. The van der Waals surface area contributed by atoms with E-state index < -0.39 is 0 Å². The molecular weight excluding hydrogens is 156 g/mol. The molecule has 1 heterocycles. The lowest BCUT2D eigenvalue weighted by molar-refractivity contribution is 0.246. The fraction of sp³-hybridized carbons (Fsp3) is 1.00. The monoisotopic (exact) mass is 176 g/mol. The van der Waals surface area contributed by atoms with E-state index in [0.717, 1.165) is 6.54 Å². The molecule has 0 radical (unpaired) electrons. The summed E-state index contributed by atoms with van der Waals surface area (Å²) < 4.78 is 2.59. The Kier molecular flexibility index (Phi) is 2.84. The number of thiol groups is 1. The maximum Gasteiger partial charge on any atom is 0.0261 e. The molecule has 0 aromatic rings. The van der Waals surface area contributed by atoms with Gasteiger partial charge in [0.2, 0.25) is 0 Å². The van der Waals surface area contributed by atoms with Crippen LogP contribution in [0.4, 0.5) is 0 Å². The zero-order chi connectivity index (χ0) is 8.48. The molecule has 0 atom stereocenters. The van der Waals surface area contributed by atoms with E-state index in [4.69, 9.17) is 0 Å². The summed E-state index contributed by atoms with van der Waals surface area (Å²) in [5.74, 6) is 0. The fourth-order valence-corrected chi connectivity index (χ4v) is 2.59. The molecule has 68 valence electrons.